The third-order valence-electron chi connectivity index (χ3n) is 2.68. The smallest absolute Gasteiger partial charge is 0.387 e. The minimum atomic E-state index is -2.98. The lowest BCUT2D eigenvalue weighted by Crippen LogP contribution is -2.12. The first-order chi connectivity index (χ1) is 10.5. The SMILES string of the molecule is N#Cc1ccc(C(=O)Nc2ccc(OC(F)F)c(Cl)c2)cc1. The van der Waals surface area contributed by atoms with E-state index in [1.165, 1.54) is 42.5 Å². The van der Waals surface area contributed by atoms with Crippen LogP contribution in [-0.2, 0) is 0 Å². The van der Waals surface area contributed by atoms with Crippen LogP contribution in [0.5, 0.6) is 5.75 Å². The van der Waals surface area contributed by atoms with Crippen LogP contribution in [0.4, 0.5) is 14.5 Å². The minimum Gasteiger partial charge on any atom is -0.433 e. The molecular weight excluding hydrogens is 314 g/mol. The molecule has 2 rings (SSSR count). The van der Waals surface area contributed by atoms with E-state index in [1.807, 2.05) is 6.07 Å². The number of nitrogens with one attached hydrogen (secondary N) is 1. The molecule has 112 valence electrons. The van der Waals surface area contributed by atoms with E-state index in [0.29, 0.717) is 16.8 Å². The average molecular weight is 323 g/mol. The second kappa shape index (κ2) is 6.87. The Kier molecular flexibility index (Phi) is 4.92. The van der Waals surface area contributed by atoms with Crippen LogP contribution >= 0.6 is 11.6 Å². The number of amides is 1. The molecule has 2 aromatic carbocycles. The number of alkyl halides is 2. The lowest BCUT2D eigenvalue weighted by atomic mass is 10.1. The highest BCUT2D eigenvalue weighted by atomic mass is 35.5. The van der Waals surface area contributed by atoms with Crippen LogP contribution in [0.25, 0.3) is 0 Å². The quantitative estimate of drug-likeness (QED) is 0.923. The molecule has 1 N–H and O–H groups in total. The van der Waals surface area contributed by atoms with E-state index in [1.54, 1.807) is 0 Å². The average Bonchev–Trinajstić information content (AvgIpc) is 2.49. The molecule has 0 radical (unpaired) electrons. The maximum Gasteiger partial charge on any atom is 0.387 e. The molecule has 0 aromatic heterocycles. The van der Waals surface area contributed by atoms with Crippen molar-refractivity contribution < 1.29 is 18.3 Å². The Hall–Kier alpha value is -2.65. The summed E-state index contributed by atoms with van der Waals surface area (Å²) in [6.45, 7) is -2.98. The van der Waals surface area contributed by atoms with Crippen molar-refractivity contribution in [1.82, 2.24) is 0 Å². The van der Waals surface area contributed by atoms with Gasteiger partial charge < -0.3 is 10.1 Å². The van der Waals surface area contributed by atoms with E-state index >= 15 is 0 Å². The van der Waals surface area contributed by atoms with Gasteiger partial charge in [-0.3, -0.25) is 4.79 Å². The molecule has 2 aromatic rings. The molecule has 0 heterocycles. The summed E-state index contributed by atoms with van der Waals surface area (Å²) >= 11 is 5.80. The molecular formula is C15H9ClF2N2O2. The number of carbonyl (C=O) groups excluding carboxylic acids is 1. The van der Waals surface area contributed by atoms with Gasteiger partial charge in [-0.25, -0.2) is 0 Å². The third kappa shape index (κ3) is 3.93. The zero-order valence-corrected chi connectivity index (χ0v) is 11.8. The molecule has 4 nitrogen and oxygen atoms in total. The molecule has 0 aliphatic carbocycles. The number of carbonyl (C=O) groups is 1. The van der Waals surface area contributed by atoms with E-state index in [0.717, 1.165) is 0 Å². The number of anilines is 1. The van der Waals surface area contributed by atoms with Gasteiger partial charge in [0.1, 0.15) is 5.75 Å². The molecule has 0 fully saturated rings. The van der Waals surface area contributed by atoms with Gasteiger partial charge in [0, 0.05) is 11.3 Å². The fraction of sp³-hybridized carbons (Fsp3) is 0.0667. The Labute approximate surface area is 129 Å². The Bertz CT molecular complexity index is 727. The number of benzene rings is 2. The molecule has 0 atom stereocenters. The first-order valence-electron chi connectivity index (χ1n) is 6.05. The van der Waals surface area contributed by atoms with Crippen LogP contribution in [0.3, 0.4) is 0 Å². The molecule has 0 aliphatic rings. The molecule has 0 spiro atoms. The summed E-state index contributed by atoms with van der Waals surface area (Å²) in [5, 5.41) is 11.2. The molecule has 0 bridgehead atoms. The summed E-state index contributed by atoms with van der Waals surface area (Å²) in [4.78, 5) is 12.0. The summed E-state index contributed by atoms with van der Waals surface area (Å²) in [6, 6.07) is 11.9. The van der Waals surface area contributed by atoms with E-state index in [2.05, 4.69) is 10.1 Å². The molecule has 0 saturated heterocycles. The topological polar surface area (TPSA) is 62.1 Å². The monoisotopic (exact) mass is 322 g/mol. The van der Waals surface area contributed by atoms with Crippen molar-refractivity contribution in [3.05, 3.63) is 58.6 Å². The second-order valence-electron chi connectivity index (χ2n) is 4.17. The largest absolute Gasteiger partial charge is 0.433 e. The third-order valence-corrected chi connectivity index (χ3v) is 2.98. The number of hydrogen-bond acceptors (Lipinski definition) is 3. The van der Waals surface area contributed by atoms with Crippen LogP contribution in [0.2, 0.25) is 5.02 Å². The molecule has 0 unspecified atom stereocenters. The summed E-state index contributed by atoms with van der Waals surface area (Å²) in [5.41, 5.74) is 1.12. The first kappa shape index (κ1) is 15.7. The molecule has 7 heteroatoms. The number of halogens is 3. The second-order valence-corrected chi connectivity index (χ2v) is 4.57. The Balaban J connectivity index is 2.11. The van der Waals surface area contributed by atoms with Gasteiger partial charge in [0.2, 0.25) is 0 Å². The van der Waals surface area contributed by atoms with Gasteiger partial charge in [0.25, 0.3) is 5.91 Å². The van der Waals surface area contributed by atoms with Crippen LogP contribution in [0.15, 0.2) is 42.5 Å². The number of rotatable bonds is 4. The van der Waals surface area contributed by atoms with Gasteiger partial charge in [0.15, 0.2) is 0 Å². The van der Waals surface area contributed by atoms with E-state index in [-0.39, 0.29) is 10.8 Å². The fourth-order valence-electron chi connectivity index (χ4n) is 1.67. The standard InChI is InChI=1S/C15H9ClF2N2O2/c16-12-7-11(5-6-13(12)22-15(17)18)20-14(21)10-3-1-9(8-19)2-4-10/h1-7,15H,(H,20,21). The number of hydrogen-bond donors (Lipinski definition) is 1. The molecule has 0 aliphatic heterocycles. The van der Waals surface area contributed by atoms with Gasteiger partial charge in [-0.2, -0.15) is 14.0 Å². The zero-order chi connectivity index (χ0) is 16.1. The first-order valence-corrected chi connectivity index (χ1v) is 6.43. The molecule has 1 amide bonds. The zero-order valence-electron chi connectivity index (χ0n) is 11.0. The predicted molar refractivity (Wildman–Crippen MR) is 77.2 cm³/mol. The summed E-state index contributed by atoms with van der Waals surface area (Å²) in [7, 11) is 0. The summed E-state index contributed by atoms with van der Waals surface area (Å²) in [6.07, 6.45) is 0. The molecule has 22 heavy (non-hydrogen) atoms. The fourth-order valence-corrected chi connectivity index (χ4v) is 1.89. The summed E-state index contributed by atoms with van der Waals surface area (Å²) in [5.74, 6) is -0.587. The lowest BCUT2D eigenvalue weighted by molar-refractivity contribution is -0.0497. The highest BCUT2D eigenvalue weighted by Crippen LogP contribution is 2.29. The predicted octanol–water partition coefficient (Wildman–Crippen LogP) is 4.07. The Morgan fingerprint density at radius 2 is 1.91 bits per heavy atom. The van der Waals surface area contributed by atoms with Crippen molar-refractivity contribution in [1.29, 1.82) is 5.26 Å². The lowest BCUT2D eigenvalue weighted by Gasteiger charge is -2.09. The van der Waals surface area contributed by atoms with Gasteiger partial charge in [-0.05, 0) is 42.5 Å². The normalized spacial score (nSPS) is 10.1. The van der Waals surface area contributed by atoms with Gasteiger partial charge >= 0.3 is 6.61 Å². The van der Waals surface area contributed by atoms with Crippen LogP contribution < -0.4 is 10.1 Å². The number of nitriles is 1. The Morgan fingerprint density at radius 3 is 2.45 bits per heavy atom. The van der Waals surface area contributed by atoms with Crippen molar-refractivity contribution >= 4 is 23.2 Å². The highest BCUT2D eigenvalue weighted by molar-refractivity contribution is 6.32. The number of nitrogens with zero attached hydrogens (tertiary/aromatic N) is 1. The van der Waals surface area contributed by atoms with Crippen molar-refractivity contribution in [2.45, 2.75) is 6.61 Å². The van der Waals surface area contributed by atoms with E-state index in [4.69, 9.17) is 16.9 Å². The molecule has 0 saturated carbocycles. The minimum absolute atomic E-state index is 0.0436. The highest BCUT2D eigenvalue weighted by Gasteiger charge is 2.11. The number of ether oxygens (including phenoxy) is 1. The van der Waals surface area contributed by atoms with Crippen molar-refractivity contribution in [3.8, 4) is 11.8 Å². The van der Waals surface area contributed by atoms with Crippen molar-refractivity contribution in [2.24, 2.45) is 0 Å². The van der Waals surface area contributed by atoms with Crippen LogP contribution in [-0.4, -0.2) is 12.5 Å². The maximum atomic E-state index is 12.1. The van der Waals surface area contributed by atoms with Gasteiger partial charge in [-0.15, -0.1) is 0 Å². The maximum absolute atomic E-state index is 12.1. The van der Waals surface area contributed by atoms with Crippen molar-refractivity contribution in [2.75, 3.05) is 5.32 Å². The van der Waals surface area contributed by atoms with Gasteiger partial charge in [0.05, 0.1) is 16.7 Å². The van der Waals surface area contributed by atoms with Crippen molar-refractivity contribution in [3.63, 3.8) is 0 Å². The Morgan fingerprint density at radius 1 is 1.23 bits per heavy atom. The van der Waals surface area contributed by atoms with E-state index in [9.17, 15) is 13.6 Å². The van der Waals surface area contributed by atoms with Gasteiger partial charge in [-0.1, -0.05) is 11.6 Å². The van der Waals surface area contributed by atoms with Crippen LogP contribution in [0.1, 0.15) is 15.9 Å². The van der Waals surface area contributed by atoms with Crippen LogP contribution in [0, 0.1) is 11.3 Å². The summed E-state index contributed by atoms with van der Waals surface area (Å²) < 4.78 is 28.4. The van der Waals surface area contributed by atoms with E-state index < -0.39 is 12.5 Å².